The number of rotatable bonds is 7. The van der Waals surface area contributed by atoms with E-state index in [1.54, 1.807) is 32.4 Å². The lowest BCUT2D eigenvalue weighted by atomic mass is 10.1. The summed E-state index contributed by atoms with van der Waals surface area (Å²) in [7, 11) is 3.15. The average molecular weight is 378 g/mol. The first-order chi connectivity index (χ1) is 13.6. The maximum atomic E-state index is 12.4. The van der Waals surface area contributed by atoms with Gasteiger partial charge in [-0.2, -0.15) is 0 Å². The second-order valence-electron chi connectivity index (χ2n) is 6.15. The van der Waals surface area contributed by atoms with Crippen LogP contribution in [0.5, 0.6) is 11.5 Å². The van der Waals surface area contributed by atoms with Gasteiger partial charge in [-0.15, -0.1) is 0 Å². The molecule has 3 rings (SSSR count). The van der Waals surface area contributed by atoms with Gasteiger partial charge in [-0.1, -0.05) is 29.8 Å². The van der Waals surface area contributed by atoms with Crippen molar-refractivity contribution in [3.05, 3.63) is 71.7 Å². The molecule has 0 atom stereocenters. The molecule has 1 aromatic heterocycles. The smallest absolute Gasteiger partial charge is 0.270 e. The Morgan fingerprint density at radius 1 is 1.00 bits per heavy atom. The molecule has 2 aromatic carbocycles. The Kier molecular flexibility index (Phi) is 6.06. The second-order valence-corrected chi connectivity index (χ2v) is 6.15. The fourth-order valence-corrected chi connectivity index (χ4v) is 2.71. The van der Waals surface area contributed by atoms with Crippen molar-refractivity contribution in [3.63, 3.8) is 0 Å². The molecule has 0 aliphatic heterocycles. The standard InChI is InChI=1S/C21H22N4O3/c1-14-5-4-6-15(9-14)12-22-21(26)17-11-20(24-13-23-17)25-16-7-8-18(27-2)19(10-16)28-3/h4-11,13H,12H2,1-3H3,(H,22,26)(H,23,24,25). The number of aromatic nitrogens is 2. The molecular weight excluding hydrogens is 356 g/mol. The minimum absolute atomic E-state index is 0.265. The third kappa shape index (κ3) is 4.76. The number of anilines is 2. The third-order valence-electron chi connectivity index (χ3n) is 4.09. The van der Waals surface area contributed by atoms with Gasteiger partial charge in [0.05, 0.1) is 14.2 Å². The van der Waals surface area contributed by atoms with Crippen molar-refractivity contribution in [2.24, 2.45) is 0 Å². The molecule has 144 valence electrons. The topological polar surface area (TPSA) is 85.4 Å². The lowest BCUT2D eigenvalue weighted by Gasteiger charge is -2.11. The SMILES string of the molecule is COc1ccc(Nc2cc(C(=O)NCc3cccc(C)c3)ncn2)cc1OC. The van der Waals surface area contributed by atoms with E-state index in [-0.39, 0.29) is 11.6 Å². The van der Waals surface area contributed by atoms with E-state index in [1.807, 2.05) is 37.3 Å². The summed E-state index contributed by atoms with van der Waals surface area (Å²) in [4.78, 5) is 20.7. The molecule has 28 heavy (non-hydrogen) atoms. The van der Waals surface area contributed by atoms with Crippen molar-refractivity contribution in [2.45, 2.75) is 13.5 Å². The number of methoxy groups -OCH3 is 2. The summed E-state index contributed by atoms with van der Waals surface area (Å²) in [5.41, 5.74) is 3.22. The number of amides is 1. The van der Waals surface area contributed by atoms with Crippen LogP contribution in [-0.2, 0) is 6.54 Å². The van der Waals surface area contributed by atoms with Gasteiger partial charge in [-0.05, 0) is 24.6 Å². The number of benzene rings is 2. The molecule has 0 aliphatic rings. The van der Waals surface area contributed by atoms with Crippen molar-refractivity contribution in [1.29, 1.82) is 0 Å². The fourth-order valence-electron chi connectivity index (χ4n) is 2.71. The van der Waals surface area contributed by atoms with Gasteiger partial charge in [0.2, 0.25) is 0 Å². The highest BCUT2D eigenvalue weighted by Crippen LogP contribution is 2.30. The van der Waals surface area contributed by atoms with Gasteiger partial charge in [0, 0.05) is 24.4 Å². The second kappa shape index (κ2) is 8.85. The predicted octanol–water partition coefficient (Wildman–Crippen LogP) is 3.48. The van der Waals surface area contributed by atoms with Gasteiger partial charge in [0.15, 0.2) is 11.5 Å². The van der Waals surface area contributed by atoms with Crippen molar-refractivity contribution < 1.29 is 14.3 Å². The lowest BCUT2D eigenvalue weighted by Crippen LogP contribution is -2.24. The predicted molar refractivity (Wildman–Crippen MR) is 107 cm³/mol. The molecule has 0 saturated carbocycles. The van der Waals surface area contributed by atoms with Gasteiger partial charge in [0.1, 0.15) is 17.8 Å². The molecule has 0 fully saturated rings. The van der Waals surface area contributed by atoms with Crippen LogP contribution in [0, 0.1) is 6.92 Å². The van der Waals surface area contributed by atoms with E-state index in [1.165, 1.54) is 6.33 Å². The van der Waals surface area contributed by atoms with Gasteiger partial charge in [0.25, 0.3) is 5.91 Å². The van der Waals surface area contributed by atoms with E-state index in [4.69, 9.17) is 9.47 Å². The highest BCUT2D eigenvalue weighted by atomic mass is 16.5. The van der Waals surface area contributed by atoms with E-state index < -0.39 is 0 Å². The Balaban J connectivity index is 1.69. The van der Waals surface area contributed by atoms with Gasteiger partial charge in [-0.25, -0.2) is 9.97 Å². The number of aryl methyl sites for hydroxylation is 1. The van der Waals surface area contributed by atoms with Crippen LogP contribution >= 0.6 is 0 Å². The van der Waals surface area contributed by atoms with E-state index in [2.05, 4.69) is 20.6 Å². The monoisotopic (exact) mass is 378 g/mol. The van der Waals surface area contributed by atoms with Gasteiger partial charge in [-0.3, -0.25) is 4.79 Å². The minimum Gasteiger partial charge on any atom is -0.493 e. The van der Waals surface area contributed by atoms with Crippen LogP contribution in [-0.4, -0.2) is 30.1 Å². The Hall–Kier alpha value is -3.61. The largest absolute Gasteiger partial charge is 0.493 e. The highest BCUT2D eigenvalue weighted by molar-refractivity contribution is 5.92. The van der Waals surface area contributed by atoms with Gasteiger partial charge < -0.3 is 20.1 Å². The van der Waals surface area contributed by atoms with E-state index in [0.717, 1.165) is 16.8 Å². The summed E-state index contributed by atoms with van der Waals surface area (Å²) in [5, 5.41) is 6.01. The molecule has 1 heterocycles. The Labute approximate surface area is 163 Å². The number of hydrogen-bond donors (Lipinski definition) is 2. The zero-order valence-corrected chi connectivity index (χ0v) is 16.0. The molecule has 2 N–H and O–H groups in total. The quantitative estimate of drug-likeness (QED) is 0.655. The molecule has 0 spiro atoms. The summed E-state index contributed by atoms with van der Waals surface area (Å²) in [6, 6.07) is 15.0. The maximum absolute atomic E-state index is 12.4. The van der Waals surface area contributed by atoms with E-state index in [9.17, 15) is 4.79 Å². The number of ether oxygens (including phenoxy) is 2. The van der Waals surface area contributed by atoms with Crippen LogP contribution in [0.25, 0.3) is 0 Å². The van der Waals surface area contributed by atoms with Crippen LogP contribution < -0.4 is 20.1 Å². The summed E-state index contributed by atoms with van der Waals surface area (Å²) in [5.74, 6) is 1.46. The van der Waals surface area contributed by atoms with Crippen molar-refractivity contribution in [2.75, 3.05) is 19.5 Å². The zero-order chi connectivity index (χ0) is 19.9. The van der Waals surface area contributed by atoms with Crippen molar-refractivity contribution in [1.82, 2.24) is 15.3 Å². The number of carbonyl (C=O) groups is 1. The van der Waals surface area contributed by atoms with Crippen molar-refractivity contribution in [3.8, 4) is 11.5 Å². The first-order valence-electron chi connectivity index (χ1n) is 8.74. The van der Waals surface area contributed by atoms with Crippen LogP contribution in [0.2, 0.25) is 0 Å². The van der Waals surface area contributed by atoms with E-state index >= 15 is 0 Å². The average Bonchev–Trinajstić information content (AvgIpc) is 2.72. The summed E-state index contributed by atoms with van der Waals surface area (Å²) in [6.07, 6.45) is 1.35. The number of hydrogen-bond acceptors (Lipinski definition) is 6. The van der Waals surface area contributed by atoms with Crippen LogP contribution in [0.4, 0.5) is 11.5 Å². The van der Waals surface area contributed by atoms with Crippen LogP contribution in [0.3, 0.4) is 0 Å². The number of carbonyl (C=O) groups excluding carboxylic acids is 1. The lowest BCUT2D eigenvalue weighted by molar-refractivity contribution is 0.0946. The summed E-state index contributed by atoms with van der Waals surface area (Å²) >= 11 is 0. The molecule has 7 nitrogen and oxygen atoms in total. The van der Waals surface area contributed by atoms with Gasteiger partial charge >= 0.3 is 0 Å². The molecule has 1 amide bonds. The third-order valence-corrected chi connectivity index (χ3v) is 4.09. The molecular formula is C21H22N4O3. The Morgan fingerprint density at radius 3 is 2.57 bits per heavy atom. The van der Waals surface area contributed by atoms with E-state index in [0.29, 0.717) is 23.9 Å². The van der Waals surface area contributed by atoms with Crippen LogP contribution in [0.15, 0.2) is 54.9 Å². The number of nitrogens with one attached hydrogen (secondary N) is 2. The van der Waals surface area contributed by atoms with Crippen LogP contribution in [0.1, 0.15) is 21.6 Å². The zero-order valence-electron chi connectivity index (χ0n) is 16.0. The summed E-state index contributed by atoms with van der Waals surface area (Å²) in [6.45, 7) is 2.45. The fraction of sp³-hybridized carbons (Fsp3) is 0.190. The first kappa shape index (κ1) is 19.2. The minimum atomic E-state index is -0.265. The highest BCUT2D eigenvalue weighted by Gasteiger charge is 2.10. The number of nitrogens with zero attached hydrogens (tertiary/aromatic N) is 2. The first-order valence-corrected chi connectivity index (χ1v) is 8.74. The Morgan fingerprint density at radius 2 is 1.82 bits per heavy atom. The molecule has 7 heteroatoms. The molecule has 3 aromatic rings. The summed E-state index contributed by atoms with van der Waals surface area (Å²) < 4.78 is 10.5. The molecule has 0 saturated heterocycles. The molecule has 0 unspecified atom stereocenters. The maximum Gasteiger partial charge on any atom is 0.270 e. The Bertz CT molecular complexity index is 975. The molecule has 0 bridgehead atoms. The molecule has 0 aliphatic carbocycles. The van der Waals surface area contributed by atoms with Crippen molar-refractivity contribution >= 4 is 17.4 Å². The molecule has 0 radical (unpaired) electrons. The normalized spacial score (nSPS) is 10.2.